The van der Waals surface area contributed by atoms with Crippen molar-refractivity contribution in [3.8, 4) is 11.5 Å². The van der Waals surface area contributed by atoms with Gasteiger partial charge >= 0.3 is 5.97 Å². The number of ether oxygens (including phenoxy) is 3. The average Bonchev–Trinajstić information content (AvgIpc) is 3.27. The largest absolute Gasteiger partial charge is 0.495 e. The predicted octanol–water partition coefficient (Wildman–Crippen LogP) is 4.13. The maximum Gasteiger partial charge on any atom is 0.358 e. The number of methoxy groups -OCH3 is 1. The molecule has 0 bridgehead atoms. The van der Waals surface area contributed by atoms with Gasteiger partial charge in [0, 0.05) is 17.5 Å². The van der Waals surface area contributed by atoms with Crippen molar-refractivity contribution in [3.05, 3.63) is 74.2 Å². The van der Waals surface area contributed by atoms with Crippen LogP contribution in [0.15, 0.2) is 47.8 Å². The number of esters is 1. The van der Waals surface area contributed by atoms with E-state index in [0.717, 1.165) is 11.6 Å². The molecule has 2 aromatic carbocycles. The normalized spacial score (nSPS) is 11.4. The molecule has 0 aliphatic carbocycles. The molecule has 1 aromatic heterocycles. The van der Waals surface area contributed by atoms with E-state index in [9.17, 15) is 19.7 Å². The molecule has 1 atom stereocenters. The summed E-state index contributed by atoms with van der Waals surface area (Å²) in [6.45, 7) is 3.54. The summed E-state index contributed by atoms with van der Waals surface area (Å²) in [4.78, 5) is 39.4. The van der Waals surface area contributed by atoms with Crippen LogP contribution in [-0.2, 0) is 16.1 Å². The quantitative estimate of drug-likeness (QED) is 0.280. The van der Waals surface area contributed by atoms with Gasteiger partial charge in [-0.05, 0) is 32.0 Å². The number of thiazole rings is 1. The molecule has 0 aliphatic rings. The molecule has 0 fully saturated rings. The molecule has 11 heteroatoms. The van der Waals surface area contributed by atoms with E-state index in [2.05, 4.69) is 10.3 Å². The Labute approximate surface area is 193 Å². The first kappa shape index (κ1) is 23.7. The summed E-state index contributed by atoms with van der Waals surface area (Å²) >= 11 is 1.23. The van der Waals surface area contributed by atoms with Gasteiger partial charge in [-0.1, -0.05) is 17.7 Å². The van der Waals surface area contributed by atoms with E-state index in [1.54, 1.807) is 0 Å². The molecule has 33 heavy (non-hydrogen) atoms. The van der Waals surface area contributed by atoms with Crippen molar-refractivity contribution in [1.82, 2.24) is 4.98 Å². The number of nitrogens with one attached hydrogen (secondary N) is 1. The zero-order valence-corrected chi connectivity index (χ0v) is 18.9. The first-order chi connectivity index (χ1) is 15.8. The minimum absolute atomic E-state index is 0.0510. The number of nitrogens with zero attached hydrogens (tertiary/aromatic N) is 2. The number of nitro groups is 1. The number of hydrogen-bond acceptors (Lipinski definition) is 9. The van der Waals surface area contributed by atoms with Gasteiger partial charge < -0.3 is 19.5 Å². The Bertz CT molecular complexity index is 1160. The van der Waals surface area contributed by atoms with E-state index in [1.807, 2.05) is 31.2 Å². The monoisotopic (exact) mass is 471 g/mol. The van der Waals surface area contributed by atoms with Crippen LogP contribution in [0.25, 0.3) is 0 Å². The van der Waals surface area contributed by atoms with E-state index in [-0.39, 0.29) is 29.4 Å². The van der Waals surface area contributed by atoms with E-state index in [0.29, 0.717) is 10.8 Å². The van der Waals surface area contributed by atoms with Crippen LogP contribution in [0.1, 0.15) is 28.0 Å². The Kier molecular flexibility index (Phi) is 7.57. The summed E-state index contributed by atoms with van der Waals surface area (Å²) in [5.74, 6) is -0.547. The molecular weight excluding hydrogens is 450 g/mol. The third kappa shape index (κ3) is 6.26. The first-order valence-electron chi connectivity index (χ1n) is 9.75. The van der Waals surface area contributed by atoms with Crippen molar-refractivity contribution in [1.29, 1.82) is 0 Å². The minimum Gasteiger partial charge on any atom is -0.495 e. The second kappa shape index (κ2) is 10.6. The summed E-state index contributed by atoms with van der Waals surface area (Å²) in [7, 11) is 1.36. The smallest absolute Gasteiger partial charge is 0.358 e. The molecule has 10 nitrogen and oxygen atoms in total. The lowest BCUT2D eigenvalue weighted by molar-refractivity contribution is -0.384. The first-order valence-corrected chi connectivity index (χ1v) is 10.6. The maximum absolute atomic E-state index is 12.5. The highest BCUT2D eigenvalue weighted by atomic mass is 32.1. The summed E-state index contributed by atoms with van der Waals surface area (Å²) in [6, 6.07) is 11.3. The zero-order chi connectivity index (χ0) is 24.0. The van der Waals surface area contributed by atoms with Gasteiger partial charge in [-0.15, -0.1) is 11.3 Å². The van der Waals surface area contributed by atoms with Crippen LogP contribution >= 0.6 is 11.3 Å². The van der Waals surface area contributed by atoms with Crippen LogP contribution in [0.5, 0.6) is 11.5 Å². The van der Waals surface area contributed by atoms with Crippen molar-refractivity contribution < 1.29 is 28.7 Å². The number of hydrogen-bond donors (Lipinski definition) is 1. The SMILES string of the molecule is COc1ccc([N+](=O)[O-])cc1NC(=O)C(C)OC(=O)c1csc(COc2ccc(C)cc2)n1. The Morgan fingerprint density at radius 1 is 1.21 bits per heavy atom. The molecular formula is C22H21N3O7S. The van der Waals surface area contributed by atoms with Crippen LogP contribution < -0.4 is 14.8 Å². The number of aryl methyl sites for hydroxylation is 1. The molecule has 3 aromatic rings. The topological polar surface area (TPSA) is 130 Å². The number of benzene rings is 2. The molecule has 0 radical (unpaired) electrons. The van der Waals surface area contributed by atoms with Gasteiger partial charge in [0.25, 0.3) is 11.6 Å². The number of aromatic nitrogens is 1. The van der Waals surface area contributed by atoms with Crippen molar-refractivity contribution in [2.24, 2.45) is 0 Å². The van der Waals surface area contributed by atoms with Crippen molar-refractivity contribution >= 4 is 34.6 Å². The molecule has 3 rings (SSSR count). The number of nitro benzene ring substituents is 1. The predicted molar refractivity (Wildman–Crippen MR) is 121 cm³/mol. The fraction of sp³-hybridized carbons (Fsp3) is 0.227. The molecule has 0 aliphatic heterocycles. The summed E-state index contributed by atoms with van der Waals surface area (Å²) in [5.41, 5.74) is 1.03. The van der Waals surface area contributed by atoms with Crippen molar-refractivity contribution in [3.63, 3.8) is 0 Å². The molecule has 0 saturated carbocycles. The molecule has 1 N–H and O–H groups in total. The molecule has 1 amide bonds. The number of carbonyl (C=O) groups excluding carboxylic acids is 2. The lowest BCUT2D eigenvalue weighted by Gasteiger charge is -2.14. The third-order valence-corrected chi connectivity index (χ3v) is 5.27. The van der Waals surface area contributed by atoms with Crippen LogP contribution in [0.4, 0.5) is 11.4 Å². The second-order valence-electron chi connectivity index (χ2n) is 6.91. The molecule has 0 spiro atoms. The van der Waals surface area contributed by atoms with E-state index >= 15 is 0 Å². The lowest BCUT2D eigenvalue weighted by Crippen LogP contribution is -2.30. The average molecular weight is 471 g/mol. The number of rotatable bonds is 9. The van der Waals surface area contributed by atoms with E-state index in [4.69, 9.17) is 14.2 Å². The number of carbonyl (C=O) groups is 2. The zero-order valence-electron chi connectivity index (χ0n) is 18.1. The minimum atomic E-state index is -1.18. The third-order valence-electron chi connectivity index (χ3n) is 4.45. The highest BCUT2D eigenvalue weighted by Crippen LogP contribution is 2.29. The van der Waals surface area contributed by atoms with Gasteiger partial charge in [0.2, 0.25) is 0 Å². The van der Waals surface area contributed by atoms with E-state index in [1.165, 1.54) is 42.9 Å². The van der Waals surface area contributed by atoms with Gasteiger partial charge in [-0.25, -0.2) is 9.78 Å². The van der Waals surface area contributed by atoms with Crippen molar-refractivity contribution in [2.75, 3.05) is 12.4 Å². The highest BCUT2D eigenvalue weighted by molar-refractivity contribution is 7.09. The van der Waals surface area contributed by atoms with Crippen molar-refractivity contribution in [2.45, 2.75) is 26.6 Å². The van der Waals surface area contributed by atoms with Gasteiger partial charge in [0.05, 0.1) is 17.7 Å². The Morgan fingerprint density at radius 2 is 1.94 bits per heavy atom. The second-order valence-corrected chi connectivity index (χ2v) is 7.85. The van der Waals surface area contributed by atoms with Gasteiger partial charge in [0.15, 0.2) is 11.8 Å². The summed E-state index contributed by atoms with van der Waals surface area (Å²) in [5, 5.41) is 15.6. The lowest BCUT2D eigenvalue weighted by atomic mass is 10.2. The van der Waals surface area contributed by atoms with Crippen LogP contribution in [-0.4, -0.2) is 35.0 Å². The van der Waals surface area contributed by atoms with Gasteiger partial charge in [-0.3, -0.25) is 14.9 Å². The Morgan fingerprint density at radius 3 is 2.61 bits per heavy atom. The Balaban J connectivity index is 1.58. The number of amides is 1. The molecule has 1 heterocycles. The fourth-order valence-corrected chi connectivity index (χ4v) is 3.34. The van der Waals surface area contributed by atoms with Gasteiger partial charge in [0.1, 0.15) is 23.1 Å². The van der Waals surface area contributed by atoms with Crippen LogP contribution in [0, 0.1) is 17.0 Å². The standard InChI is InChI=1S/C22H21N3O7S/c1-13-4-7-16(8-5-13)31-11-20-23-18(12-33-20)22(27)32-14(2)21(26)24-17-10-15(25(28)29)6-9-19(17)30-3/h4-10,12,14H,11H2,1-3H3,(H,24,26). The fourth-order valence-electron chi connectivity index (χ4n) is 2.67. The molecule has 0 saturated heterocycles. The summed E-state index contributed by atoms with van der Waals surface area (Å²) in [6.07, 6.45) is -1.18. The van der Waals surface area contributed by atoms with Crippen LogP contribution in [0.2, 0.25) is 0 Å². The Hall–Kier alpha value is -3.99. The van der Waals surface area contributed by atoms with E-state index < -0.39 is 22.9 Å². The number of anilines is 1. The highest BCUT2D eigenvalue weighted by Gasteiger charge is 2.23. The molecule has 172 valence electrons. The number of non-ortho nitro benzene ring substituents is 1. The summed E-state index contributed by atoms with van der Waals surface area (Å²) < 4.78 is 15.9. The maximum atomic E-state index is 12.5. The van der Waals surface area contributed by atoms with Crippen LogP contribution in [0.3, 0.4) is 0 Å². The molecule has 1 unspecified atom stereocenters. The van der Waals surface area contributed by atoms with Gasteiger partial charge in [-0.2, -0.15) is 0 Å².